The number of Topliss-reactive ketones (excluding diaryl/α,β-unsaturated/α-hetero) is 1. The molecule has 1 N–H and O–H groups in total. The summed E-state index contributed by atoms with van der Waals surface area (Å²) < 4.78 is 14.9. The van der Waals surface area contributed by atoms with Gasteiger partial charge < -0.3 is 19.5 Å². The van der Waals surface area contributed by atoms with Gasteiger partial charge in [0.15, 0.2) is 0 Å². The van der Waals surface area contributed by atoms with Gasteiger partial charge in [0.1, 0.15) is 5.82 Å². The molecule has 1 saturated heterocycles. The molecular weight excluding hydrogens is 485 g/mol. The van der Waals surface area contributed by atoms with Crippen LogP contribution in [0.5, 0.6) is 0 Å². The third-order valence-electron chi connectivity index (χ3n) is 6.87. The van der Waals surface area contributed by atoms with Crippen LogP contribution in [-0.2, 0) is 18.3 Å². The minimum absolute atomic E-state index is 0.0437. The van der Waals surface area contributed by atoms with Crippen LogP contribution in [0.15, 0.2) is 42.6 Å². The molecule has 9 heteroatoms. The SMILES string of the molecule is CN(CCO)C(=O)C(=O)c1cn(C)c2cc(Cl)c(C(=O)N3CCC(Cc4ccc(F)cc4)CC3)cc12. The lowest BCUT2D eigenvalue weighted by molar-refractivity contribution is -0.125. The van der Waals surface area contributed by atoms with Gasteiger partial charge in [-0.2, -0.15) is 0 Å². The Bertz CT molecular complexity index is 1300. The molecule has 0 aliphatic carbocycles. The molecule has 0 atom stereocenters. The maximum absolute atomic E-state index is 13.4. The Hall–Kier alpha value is -3.23. The van der Waals surface area contributed by atoms with Crippen LogP contribution in [-0.4, -0.2) is 70.4 Å². The van der Waals surface area contributed by atoms with Crippen molar-refractivity contribution in [3.05, 3.63) is 70.1 Å². The number of carbonyl (C=O) groups excluding carboxylic acids is 3. The molecule has 2 aromatic carbocycles. The Morgan fingerprint density at radius 2 is 1.78 bits per heavy atom. The van der Waals surface area contributed by atoms with Crippen LogP contribution < -0.4 is 0 Å². The molecule has 2 amide bonds. The number of nitrogens with zero attached hydrogens (tertiary/aromatic N) is 3. The highest BCUT2D eigenvalue weighted by Gasteiger charge is 2.28. The monoisotopic (exact) mass is 513 g/mol. The van der Waals surface area contributed by atoms with Crippen molar-refractivity contribution < 1.29 is 23.9 Å². The largest absolute Gasteiger partial charge is 0.395 e. The first-order valence-electron chi connectivity index (χ1n) is 11.9. The van der Waals surface area contributed by atoms with Crippen molar-refractivity contribution in [3.63, 3.8) is 0 Å². The maximum Gasteiger partial charge on any atom is 0.294 e. The molecule has 0 saturated carbocycles. The normalized spacial score (nSPS) is 14.3. The van der Waals surface area contributed by atoms with E-state index in [0.717, 1.165) is 24.8 Å². The average molecular weight is 514 g/mol. The molecule has 1 aliphatic heterocycles. The van der Waals surface area contributed by atoms with Gasteiger partial charge in [0.05, 0.1) is 28.3 Å². The minimum atomic E-state index is -0.734. The van der Waals surface area contributed by atoms with Crippen molar-refractivity contribution in [1.82, 2.24) is 14.4 Å². The summed E-state index contributed by atoms with van der Waals surface area (Å²) in [4.78, 5) is 41.8. The quantitative estimate of drug-likeness (QED) is 0.386. The number of aliphatic hydroxyl groups excluding tert-OH is 1. The number of halogens is 2. The number of piperidine rings is 1. The van der Waals surface area contributed by atoms with Gasteiger partial charge in [-0.05, 0) is 55.0 Å². The van der Waals surface area contributed by atoms with Crippen LogP contribution in [0.1, 0.15) is 39.1 Å². The van der Waals surface area contributed by atoms with Gasteiger partial charge in [0, 0.05) is 45.3 Å². The Balaban J connectivity index is 1.52. The third kappa shape index (κ3) is 5.29. The predicted molar refractivity (Wildman–Crippen MR) is 136 cm³/mol. The number of aliphatic hydroxyl groups is 1. The van der Waals surface area contributed by atoms with E-state index in [0.29, 0.717) is 29.9 Å². The number of likely N-dealkylation sites (tertiary alicyclic amines) is 1. The second-order valence-corrected chi connectivity index (χ2v) is 9.76. The molecule has 0 unspecified atom stereocenters. The van der Waals surface area contributed by atoms with E-state index in [-0.39, 0.29) is 41.0 Å². The highest BCUT2D eigenvalue weighted by Crippen LogP contribution is 2.31. The molecule has 2 heterocycles. The molecule has 36 heavy (non-hydrogen) atoms. The van der Waals surface area contributed by atoms with Crippen molar-refractivity contribution >= 4 is 40.1 Å². The van der Waals surface area contributed by atoms with Crippen LogP contribution in [0, 0.1) is 11.7 Å². The molecule has 0 bridgehead atoms. The first-order chi connectivity index (χ1) is 17.2. The fourth-order valence-corrected chi connectivity index (χ4v) is 4.99. The summed E-state index contributed by atoms with van der Waals surface area (Å²) in [6.45, 7) is 0.941. The smallest absolute Gasteiger partial charge is 0.294 e. The minimum Gasteiger partial charge on any atom is -0.395 e. The zero-order valence-corrected chi connectivity index (χ0v) is 21.1. The number of hydrogen-bond acceptors (Lipinski definition) is 4. The number of rotatable bonds is 7. The van der Waals surface area contributed by atoms with Gasteiger partial charge in [-0.1, -0.05) is 23.7 Å². The Morgan fingerprint density at radius 1 is 1.11 bits per heavy atom. The molecule has 0 spiro atoms. The third-order valence-corrected chi connectivity index (χ3v) is 7.18. The van der Waals surface area contributed by atoms with E-state index >= 15 is 0 Å². The van der Waals surface area contributed by atoms with Crippen molar-refractivity contribution in [2.75, 3.05) is 33.3 Å². The number of amides is 2. The van der Waals surface area contributed by atoms with Crippen molar-refractivity contribution in [2.45, 2.75) is 19.3 Å². The number of aromatic nitrogens is 1. The number of benzene rings is 2. The summed E-state index contributed by atoms with van der Waals surface area (Å²) in [6, 6.07) is 9.76. The number of hydrogen-bond donors (Lipinski definition) is 1. The number of aryl methyl sites for hydroxylation is 1. The van der Waals surface area contributed by atoms with Gasteiger partial charge in [-0.15, -0.1) is 0 Å². The van der Waals surface area contributed by atoms with Crippen LogP contribution in [0.3, 0.4) is 0 Å². The van der Waals surface area contributed by atoms with Crippen LogP contribution in [0.2, 0.25) is 5.02 Å². The van der Waals surface area contributed by atoms with E-state index in [1.165, 1.54) is 24.1 Å². The molecule has 4 rings (SSSR count). The zero-order chi connectivity index (χ0) is 26.0. The lowest BCUT2D eigenvalue weighted by atomic mass is 9.90. The molecule has 7 nitrogen and oxygen atoms in total. The topological polar surface area (TPSA) is 82.8 Å². The van der Waals surface area contributed by atoms with Crippen molar-refractivity contribution in [2.24, 2.45) is 13.0 Å². The average Bonchev–Trinajstić information content (AvgIpc) is 3.19. The highest BCUT2D eigenvalue weighted by atomic mass is 35.5. The zero-order valence-electron chi connectivity index (χ0n) is 20.3. The summed E-state index contributed by atoms with van der Waals surface area (Å²) in [6.07, 6.45) is 4.04. The number of carbonyl (C=O) groups is 3. The van der Waals surface area contributed by atoms with E-state index in [9.17, 15) is 18.8 Å². The second-order valence-electron chi connectivity index (χ2n) is 9.35. The summed E-state index contributed by atoms with van der Waals surface area (Å²) in [5, 5.41) is 9.85. The summed E-state index contributed by atoms with van der Waals surface area (Å²) in [5.74, 6) is -1.51. The highest BCUT2D eigenvalue weighted by molar-refractivity contribution is 6.45. The first kappa shape index (κ1) is 25.9. The van der Waals surface area contributed by atoms with Gasteiger partial charge in [0.25, 0.3) is 17.6 Å². The molecule has 0 radical (unpaired) electrons. The van der Waals surface area contributed by atoms with Crippen LogP contribution in [0.25, 0.3) is 10.9 Å². The van der Waals surface area contributed by atoms with Crippen LogP contribution >= 0.6 is 11.6 Å². The lowest BCUT2D eigenvalue weighted by Gasteiger charge is -2.32. The fraction of sp³-hybridized carbons (Fsp3) is 0.370. The van der Waals surface area contributed by atoms with Gasteiger partial charge in [-0.3, -0.25) is 14.4 Å². The summed E-state index contributed by atoms with van der Waals surface area (Å²) in [7, 11) is 3.19. The van der Waals surface area contributed by atoms with E-state index in [1.807, 2.05) is 0 Å². The number of likely N-dealkylation sites (N-methyl/N-ethyl adjacent to an activating group) is 1. The Morgan fingerprint density at radius 3 is 2.42 bits per heavy atom. The van der Waals surface area contributed by atoms with E-state index < -0.39 is 11.7 Å². The molecule has 190 valence electrons. The van der Waals surface area contributed by atoms with Crippen LogP contribution in [0.4, 0.5) is 4.39 Å². The predicted octanol–water partition coefficient (Wildman–Crippen LogP) is 3.70. The first-order valence-corrected chi connectivity index (χ1v) is 12.3. The van der Waals surface area contributed by atoms with E-state index in [4.69, 9.17) is 16.7 Å². The van der Waals surface area contributed by atoms with Gasteiger partial charge >= 0.3 is 0 Å². The molecule has 1 aromatic heterocycles. The standard InChI is InChI=1S/C27H29ClFN3O4/c1-30(11-12-33)27(36)25(34)22-16-31(2)24-15-23(28)21(14-20(22)24)26(35)32-9-7-18(8-10-32)13-17-3-5-19(29)6-4-17/h3-6,14-16,18,33H,7-13H2,1-2H3. The van der Waals surface area contributed by atoms with E-state index in [2.05, 4.69) is 0 Å². The lowest BCUT2D eigenvalue weighted by Crippen LogP contribution is -2.39. The second kappa shape index (κ2) is 10.8. The molecular formula is C27H29ClFN3O4. The van der Waals surface area contributed by atoms with Crippen molar-refractivity contribution in [1.29, 1.82) is 0 Å². The molecule has 1 aliphatic rings. The van der Waals surface area contributed by atoms with Gasteiger partial charge in [-0.25, -0.2) is 4.39 Å². The fourth-order valence-electron chi connectivity index (χ4n) is 4.75. The Labute approximate surface area is 214 Å². The summed E-state index contributed by atoms with van der Waals surface area (Å²) in [5.41, 5.74) is 2.19. The number of fused-ring (bicyclic) bond motifs is 1. The number of ketones is 1. The Kier molecular flexibility index (Phi) is 7.76. The molecule has 3 aromatic rings. The summed E-state index contributed by atoms with van der Waals surface area (Å²) >= 11 is 6.50. The van der Waals surface area contributed by atoms with Gasteiger partial charge in [0.2, 0.25) is 0 Å². The van der Waals surface area contributed by atoms with Crippen molar-refractivity contribution in [3.8, 4) is 0 Å². The molecule has 1 fully saturated rings. The van der Waals surface area contributed by atoms with E-state index in [1.54, 1.807) is 47.0 Å². The maximum atomic E-state index is 13.4.